The molecule has 0 bridgehead atoms. The summed E-state index contributed by atoms with van der Waals surface area (Å²) in [6, 6.07) is 0. The first kappa shape index (κ1) is 38.3. The highest BCUT2D eigenvalue weighted by Crippen LogP contribution is 2.76. The Bertz CT molecular complexity index is 1290. The number of aliphatic hydroxyl groups excluding tert-OH is 1. The van der Waals surface area contributed by atoms with Gasteiger partial charge in [0.1, 0.15) is 24.8 Å². The highest BCUT2D eigenvalue weighted by Gasteiger charge is 2.72. The summed E-state index contributed by atoms with van der Waals surface area (Å²) in [5, 5.41) is 27.9. The SMILES string of the molecule is CC(C)(C)OC(=O)NCC(=O)NCC(=O)O[C@H]1CC[C@]2(C)[C@H]3C[C@@H](O)[C@@H]4[C@@H]([C@]5(C)CC[C@H](C(C)(C)O)O5)CC[C@@]4(C)[C@]3(C)CC[C@H]2C1(C)C. The Labute approximate surface area is 294 Å². The quantitative estimate of drug-likeness (QED) is 0.242. The summed E-state index contributed by atoms with van der Waals surface area (Å²) in [6.45, 7) is 22.4. The van der Waals surface area contributed by atoms with Crippen LogP contribution < -0.4 is 10.6 Å². The van der Waals surface area contributed by atoms with Crippen molar-refractivity contribution in [2.75, 3.05) is 13.1 Å². The number of ether oxygens (including phenoxy) is 3. The summed E-state index contributed by atoms with van der Waals surface area (Å²) in [7, 11) is 0. The van der Waals surface area contributed by atoms with E-state index in [4.69, 9.17) is 14.2 Å². The molecule has 280 valence electrons. The third-order valence-corrected chi connectivity index (χ3v) is 14.7. The van der Waals surface area contributed by atoms with Crippen LogP contribution in [0.25, 0.3) is 0 Å². The molecule has 11 atom stereocenters. The monoisotopic (exact) mass is 690 g/mol. The molecule has 5 fully saturated rings. The second-order valence-corrected chi connectivity index (χ2v) is 19.5. The van der Waals surface area contributed by atoms with Crippen LogP contribution in [-0.2, 0) is 23.8 Å². The highest BCUT2D eigenvalue weighted by molar-refractivity contribution is 5.85. The predicted octanol–water partition coefficient (Wildman–Crippen LogP) is 5.90. The zero-order chi connectivity index (χ0) is 36.6. The maximum atomic E-state index is 13.0. The molecule has 0 aromatic heterocycles. The van der Waals surface area contributed by atoms with Crippen LogP contribution in [0.5, 0.6) is 0 Å². The third kappa shape index (κ3) is 6.76. The van der Waals surface area contributed by atoms with Crippen molar-refractivity contribution >= 4 is 18.0 Å². The van der Waals surface area contributed by atoms with Crippen molar-refractivity contribution in [1.82, 2.24) is 10.6 Å². The van der Waals surface area contributed by atoms with Gasteiger partial charge in [-0.3, -0.25) is 9.59 Å². The van der Waals surface area contributed by atoms with E-state index in [-0.39, 0.29) is 64.4 Å². The summed E-state index contributed by atoms with van der Waals surface area (Å²) in [5.74, 6) is 0.0746. The molecule has 0 radical (unpaired) electrons. The first-order chi connectivity index (χ1) is 22.4. The maximum absolute atomic E-state index is 13.0. The number of rotatable bonds is 7. The summed E-state index contributed by atoms with van der Waals surface area (Å²) < 4.78 is 17.9. The lowest BCUT2D eigenvalue weighted by Gasteiger charge is -2.70. The molecule has 0 unspecified atom stereocenters. The van der Waals surface area contributed by atoms with Crippen LogP contribution in [0, 0.1) is 45.3 Å². The molecule has 4 saturated carbocycles. The molecule has 1 saturated heterocycles. The molecule has 4 N–H and O–H groups in total. The van der Waals surface area contributed by atoms with E-state index in [9.17, 15) is 24.6 Å². The molecule has 10 nitrogen and oxygen atoms in total. The number of alkyl carbamates (subject to hydrolysis) is 1. The fraction of sp³-hybridized carbons (Fsp3) is 0.923. The van der Waals surface area contributed by atoms with Gasteiger partial charge in [0.15, 0.2) is 0 Å². The predicted molar refractivity (Wildman–Crippen MR) is 186 cm³/mol. The zero-order valence-electron chi connectivity index (χ0n) is 32.2. The highest BCUT2D eigenvalue weighted by atomic mass is 16.6. The molecule has 49 heavy (non-hydrogen) atoms. The molecule has 5 aliphatic rings. The normalized spacial score (nSPS) is 43.1. The first-order valence-corrected chi connectivity index (χ1v) is 18.9. The van der Waals surface area contributed by atoms with Gasteiger partial charge < -0.3 is 35.1 Å². The minimum atomic E-state index is -0.885. The summed E-state index contributed by atoms with van der Waals surface area (Å²) in [4.78, 5) is 37.2. The molecule has 0 aromatic rings. The first-order valence-electron chi connectivity index (χ1n) is 18.9. The summed E-state index contributed by atoms with van der Waals surface area (Å²) in [6.07, 6.45) is 6.80. The van der Waals surface area contributed by atoms with Crippen molar-refractivity contribution in [2.45, 2.75) is 169 Å². The van der Waals surface area contributed by atoms with Crippen molar-refractivity contribution in [3.05, 3.63) is 0 Å². The number of nitrogens with one attached hydrogen (secondary N) is 2. The molecule has 0 aromatic carbocycles. The van der Waals surface area contributed by atoms with Crippen LogP contribution in [0.15, 0.2) is 0 Å². The molecule has 1 heterocycles. The Morgan fingerprint density at radius 3 is 2.08 bits per heavy atom. The second kappa shape index (κ2) is 12.6. The molecule has 0 spiro atoms. The van der Waals surface area contributed by atoms with Gasteiger partial charge in [-0.05, 0) is 139 Å². The Balaban J connectivity index is 1.24. The standard InChI is InChI=1S/C39H66N2O8/c1-33(2,3)49-32(45)41-21-29(43)40-22-30(44)47-27-14-16-36(8)25(34(27,4)5)13-18-37(9)26(36)20-24(42)31-23(12-17-38(31,37)10)39(11)19-15-28(48-39)35(6,7)46/h23-28,31,42,46H,12-22H2,1-11H3,(H,40,43)(H,41,45)/t23-,24+,25-,26+,27-,28+,31-,36-,37+,38+,39-/m0/s1. The van der Waals surface area contributed by atoms with E-state index >= 15 is 0 Å². The zero-order valence-corrected chi connectivity index (χ0v) is 32.2. The average Bonchev–Trinajstić information content (AvgIpc) is 3.56. The smallest absolute Gasteiger partial charge is 0.408 e. The van der Waals surface area contributed by atoms with Crippen LogP contribution in [0.1, 0.15) is 134 Å². The Kier molecular flexibility index (Phi) is 9.89. The largest absolute Gasteiger partial charge is 0.460 e. The van der Waals surface area contributed by atoms with Gasteiger partial charge in [0, 0.05) is 5.41 Å². The fourth-order valence-corrected chi connectivity index (χ4v) is 12.2. The number of hydrogen-bond acceptors (Lipinski definition) is 8. The van der Waals surface area contributed by atoms with Crippen molar-refractivity contribution in [3.8, 4) is 0 Å². The second-order valence-electron chi connectivity index (χ2n) is 19.5. The molecular weight excluding hydrogens is 624 g/mol. The number of esters is 1. The van der Waals surface area contributed by atoms with E-state index in [0.29, 0.717) is 11.8 Å². The van der Waals surface area contributed by atoms with Crippen molar-refractivity contribution < 1.29 is 38.8 Å². The van der Waals surface area contributed by atoms with Crippen LogP contribution in [-0.4, -0.2) is 76.4 Å². The van der Waals surface area contributed by atoms with Crippen molar-refractivity contribution in [1.29, 1.82) is 0 Å². The Morgan fingerprint density at radius 2 is 1.47 bits per heavy atom. The molecule has 5 rings (SSSR count). The van der Waals surface area contributed by atoms with Gasteiger partial charge in [0.2, 0.25) is 5.91 Å². The lowest BCUT2D eigenvalue weighted by molar-refractivity contribution is -0.251. The van der Waals surface area contributed by atoms with E-state index in [2.05, 4.69) is 52.2 Å². The van der Waals surface area contributed by atoms with E-state index in [1.165, 1.54) is 0 Å². The van der Waals surface area contributed by atoms with E-state index in [0.717, 1.165) is 57.8 Å². The maximum Gasteiger partial charge on any atom is 0.408 e. The number of amides is 2. The lowest BCUT2D eigenvalue weighted by atomic mass is 9.35. The van der Waals surface area contributed by atoms with Gasteiger partial charge in [0.05, 0.1) is 23.4 Å². The van der Waals surface area contributed by atoms with Gasteiger partial charge in [-0.2, -0.15) is 0 Å². The van der Waals surface area contributed by atoms with Gasteiger partial charge in [0.25, 0.3) is 0 Å². The van der Waals surface area contributed by atoms with E-state index < -0.39 is 35.3 Å². The minimum Gasteiger partial charge on any atom is -0.460 e. The number of aliphatic hydroxyl groups is 2. The van der Waals surface area contributed by atoms with Crippen molar-refractivity contribution in [3.63, 3.8) is 0 Å². The number of hydrogen-bond donors (Lipinski definition) is 4. The molecule has 2 amide bonds. The topological polar surface area (TPSA) is 143 Å². The minimum absolute atomic E-state index is 0.0201. The molecule has 10 heteroatoms. The molecule has 4 aliphatic carbocycles. The molecular formula is C39H66N2O8. The van der Waals surface area contributed by atoms with Crippen molar-refractivity contribution in [2.24, 2.45) is 45.3 Å². The molecule has 1 aliphatic heterocycles. The summed E-state index contributed by atoms with van der Waals surface area (Å²) in [5.41, 5.74) is -2.19. The van der Waals surface area contributed by atoms with Crippen LogP contribution in [0.4, 0.5) is 4.79 Å². The van der Waals surface area contributed by atoms with E-state index in [1.807, 2.05) is 13.8 Å². The van der Waals surface area contributed by atoms with E-state index in [1.54, 1.807) is 20.8 Å². The lowest BCUT2D eigenvalue weighted by Crippen LogP contribution is -2.66. The van der Waals surface area contributed by atoms with Gasteiger partial charge >= 0.3 is 12.1 Å². The number of carbonyl (C=O) groups excluding carboxylic acids is 3. The van der Waals surface area contributed by atoms with Gasteiger partial charge in [-0.15, -0.1) is 0 Å². The van der Waals surface area contributed by atoms with Gasteiger partial charge in [-0.1, -0.05) is 34.6 Å². The van der Waals surface area contributed by atoms with Crippen LogP contribution in [0.2, 0.25) is 0 Å². The number of fused-ring (bicyclic) bond motifs is 5. The van der Waals surface area contributed by atoms with Gasteiger partial charge in [-0.25, -0.2) is 4.79 Å². The van der Waals surface area contributed by atoms with Crippen LogP contribution in [0.3, 0.4) is 0 Å². The third-order valence-electron chi connectivity index (χ3n) is 14.7. The summed E-state index contributed by atoms with van der Waals surface area (Å²) >= 11 is 0. The Hall–Kier alpha value is -1.91. The number of carbonyl (C=O) groups is 3. The van der Waals surface area contributed by atoms with Crippen LogP contribution >= 0.6 is 0 Å². The fourth-order valence-electron chi connectivity index (χ4n) is 12.2. The average molecular weight is 691 g/mol. The Morgan fingerprint density at radius 1 is 0.816 bits per heavy atom.